The molecule has 1 aromatic rings. The third kappa shape index (κ3) is 4.05. The number of hydrogen-bond acceptors (Lipinski definition) is 5. The molecule has 1 amide bonds. The van der Waals surface area contributed by atoms with Crippen molar-refractivity contribution in [1.82, 2.24) is 19.8 Å². The lowest BCUT2D eigenvalue weighted by atomic mass is 9.88. The number of likely N-dealkylation sites (tertiary alicyclic amines) is 1. The lowest BCUT2D eigenvalue weighted by Gasteiger charge is -2.45. The van der Waals surface area contributed by atoms with Gasteiger partial charge in [-0.25, -0.2) is 4.98 Å². The van der Waals surface area contributed by atoms with Crippen LogP contribution in [-0.4, -0.2) is 65.4 Å². The van der Waals surface area contributed by atoms with Crippen LogP contribution in [0.3, 0.4) is 0 Å². The van der Waals surface area contributed by atoms with E-state index in [0.717, 1.165) is 57.7 Å². The second-order valence-corrected chi connectivity index (χ2v) is 8.58. The molecule has 0 saturated carbocycles. The number of nitrogens with zero attached hydrogens (tertiary/aromatic N) is 3. The number of imidazole rings is 1. The maximum absolute atomic E-state index is 12.8. The van der Waals surface area contributed by atoms with Crippen molar-refractivity contribution in [2.24, 2.45) is 5.92 Å². The Kier molecular flexibility index (Phi) is 5.53. The van der Waals surface area contributed by atoms with Crippen LogP contribution >= 0.6 is 0 Å². The molecule has 3 aliphatic rings. The molecular formula is C20H32N4O3. The summed E-state index contributed by atoms with van der Waals surface area (Å²) in [6.07, 6.45) is 7.34. The van der Waals surface area contributed by atoms with Gasteiger partial charge in [-0.15, -0.1) is 0 Å². The van der Waals surface area contributed by atoms with E-state index in [1.165, 1.54) is 0 Å². The van der Waals surface area contributed by atoms with Gasteiger partial charge in [-0.05, 0) is 31.6 Å². The number of carbonyl (C=O) groups is 1. The number of aromatic nitrogens is 2. The van der Waals surface area contributed by atoms with E-state index >= 15 is 0 Å². The molecule has 0 aliphatic carbocycles. The third-order valence-electron chi connectivity index (χ3n) is 5.96. The first-order chi connectivity index (χ1) is 13.1. The molecule has 1 aromatic heterocycles. The Morgan fingerprint density at radius 3 is 2.93 bits per heavy atom. The van der Waals surface area contributed by atoms with Crippen molar-refractivity contribution in [3.05, 3.63) is 18.2 Å². The van der Waals surface area contributed by atoms with Gasteiger partial charge < -0.3 is 24.3 Å². The molecule has 2 saturated heterocycles. The molecule has 4 rings (SSSR count). The number of carbonyl (C=O) groups excluding carboxylic acids is 1. The van der Waals surface area contributed by atoms with E-state index in [1.807, 2.05) is 12.4 Å². The molecule has 0 aromatic carbocycles. The summed E-state index contributed by atoms with van der Waals surface area (Å²) in [6.45, 7) is 9.48. The lowest BCUT2D eigenvalue weighted by molar-refractivity contribution is -0.174. The highest BCUT2D eigenvalue weighted by atomic mass is 16.5. The largest absolute Gasteiger partial charge is 0.376 e. The third-order valence-corrected chi connectivity index (χ3v) is 5.96. The van der Waals surface area contributed by atoms with Crippen LogP contribution in [0.15, 0.2) is 12.4 Å². The summed E-state index contributed by atoms with van der Waals surface area (Å²) in [5.41, 5.74) is -0.443. The van der Waals surface area contributed by atoms with Crippen molar-refractivity contribution in [3.8, 4) is 0 Å². The zero-order valence-electron chi connectivity index (χ0n) is 16.5. The smallest absolute Gasteiger partial charge is 0.251 e. The molecule has 7 nitrogen and oxygen atoms in total. The normalized spacial score (nSPS) is 27.8. The van der Waals surface area contributed by atoms with Crippen molar-refractivity contribution in [2.45, 2.75) is 63.9 Å². The Bertz CT molecular complexity index is 645. The minimum atomic E-state index is -0.468. The van der Waals surface area contributed by atoms with E-state index in [2.05, 4.69) is 33.6 Å². The van der Waals surface area contributed by atoms with Gasteiger partial charge in [-0.2, -0.15) is 0 Å². The van der Waals surface area contributed by atoms with E-state index in [4.69, 9.17) is 9.47 Å². The molecule has 2 atom stereocenters. The molecule has 1 spiro atoms. The van der Waals surface area contributed by atoms with E-state index in [1.54, 1.807) is 0 Å². The molecule has 4 heterocycles. The fraction of sp³-hybridized carbons (Fsp3) is 0.800. The number of amides is 1. The number of piperidine rings is 1. The maximum Gasteiger partial charge on any atom is 0.251 e. The average Bonchev–Trinajstić information content (AvgIpc) is 3.33. The Morgan fingerprint density at radius 2 is 2.22 bits per heavy atom. The summed E-state index contributed by atoms with van der Waals surface area (Å²) < 4.78 is 14.2. The van der Waals surface area contributed by atoms with Gasteiger partial charge in [0.1, 0.15) is 11.4 Å². The van der Waals surface area contributed by atoms with E-state index in [0.29, 0.717) is 19.0 Å². The first-order valence-electron chi connectivity index (χ1n) is 10.4. The molecule has 0 bridgehead atoms. The van der Waals surface area contributed by atoms with Gasteiger partial charge >= 0.3 is 0 Å². The Morgan fingerprint density at radius 1 is 1.41 bits per heavy atom. The van der Waals surface area contributed by atoms with Gasteiger partial charge in [0.05, 0.1) is 12.6 Å². The van der Waals surface area contributed by atoms with Crippen LogP contribution in [0.4, 0.5) is 0 Å². The van der Waals surface area contributed by atoms with E-state index < -0.39 is 11.7 Å². The number of nitrogens with one attached hydrogen (secondary N) is 1. The van der Waals surface area contributed by atoms with Gasteiger partial charge in [0.2, 0.25) is 0 Å². The summed E-state index contributed by atoms with van der Waals surface area (Å²) in [5, 5.41) is 3.04. The first kappa shape index (κ1) is 18.9. The summed E-state index contributed by atoms with van der Waals surface area (Å²) in [5.74, 6) is 1.60. The Labute approximate surface area is 161 Å². The summed E-state index contributed by atoms with van der Waals surface area (Å²) in [6, 6.07) is 0. The van der Waals surface area contributed by atoms with Crippen molar-refractivity contribution >= 4 is 5.91 Å². The Balaban J connectivity index is 1.42. The van der Waals surface area contributed by atoms with Gasteiger partial charge in [-0.3, -0.25) is 4.79 Å². The van der Waals surface area contributed by atoms with E-state index in [-0.39, 0.29) is 12.0 Å². The molecule has 27 heavy (non-hydrogen) atoms. The fourth-order valence-electron chi connectivity index (χ4n) is 4.62. The van der Waals surface area contributed by atoms with Crippen LogP contribution in [0.2, 0.25) is 0 Å². The lowest BCUT2D eigenvalue weighted by Crippen LogP contribution is -2.54. The van der Waals surface area contributed by atoms with Crippen molar-refractivity contribution in [2.75, 3.05) is 32.8 Å². The zero-order chi connectivity index (χ0) is 18.9. The van der Waals surface area contributed by atoms with Crippen LogP contribution in [0.25, 0.3) is 0 Å². The summed E-state index contributed by atoms with van der Waals surface area (Å²) in [4.78, 5) is 19.9. The number of fused-ring (bicyclic) bond motifs is 2. The van der Waals surface area contributed by atoms with Crippen LogP contribution in [0, 0.1) is 5.92 Å². The van der Waals surface area contributed by atoms with Gasteiger partial charge in [0, 0.05) is 45.2 Å². The van der Waals surface area contributed by atoms with Gasteiger partial charge in [0.25, 0.3) is 5.91 Å². The molecule has 1 N–H and O–H groups in total. The molecule has 3 aliphatic heterocycles. The zero-order valence-corrected chi connectivity index (χ0v) is 16.5. The molecule has 150 valence electrons. The SMILES string of the molecule is CC(C)CN1CCC2(CC1)O[C@@H](C(=O)NC[C@H]1CCCO1)Cn1ccnc12. The van der Waals surface area contributed by atoms with Crippen LogP contribution < -0.4 is 5.32 Å². The highest BCUT2D eigenvalue weighted by Crippen LogP contribution is 2.40. The topological polar surface area (TPSA) is 68.6 Å². The average molecular weight is 377 g/mol. The highest BCUT2D eigenvalue weighted by molar-refractivity contribution is 5.81. The van der Waals surface area contributed by atoms with Crippen molar-refractivity contribution in [3.63, 3.8) is 0 Å². The molecule has 0 unspecified atom stereocenters. The summed E-state index contributed by atoms with van der Waals surface area (Å²) in [7, 11) is 0. The first-order valence-corrected chi connectivity index (χ1v) is 10.4. The van der Waals surface area contributed by atoms with Crippen molar-refractivity contribution < 1.29 is 14.3 Å². The number of ether oxygens (including phenoxy) is 2. The fourth-order valence-corrected chi connectivity index (χ4v) is 4.62. The van der Waals surface area contributed by atoms with Crippen LogP contribution in [0.5, 0.6) is 0 Å². The van der Waals surface area contributed by atoms with Gasteiger partial charge in [0.15, 0.2) is 6.10 Å². The highest BCUT2D eigenvalue weighted by Gasteiger charge is 2.47. The molecular weight excluding hydrogens is 344 g/mol. The minimum absolute atomic E-state index is 0.0335. The van der Waals surface area contributed by atoms with Crippen molar-refractivity contribution in [1.29, 1.82) is 0 Å². The van der Waals surface area contributed by atoms with Crippen LogP contribution in [0.1, 0.15) is 45.4 Å². The second-order valence-electron chi connectivity index (χ2n) is 8.58. The Hall–Kier alpha value is -1.44. The quantitative estimate of drug-likeness (QED) is 0.844. The monoisotopic (exact) mass is 376 g/mol. The standard InChI is InChI=1S/C20H32N4O3/c1-15(2)13-23-8-5-20(6-9-23)19-21-7-10-24(19)14-17(27-20)18(25)22-12-16-4-3-11-26-16/h7,10,15-17H,3-6,8-9,11-14H2,1-2H3,(H,22,25)/t16-,17-/m1/s1. The molecule has 0 radical (unpaired) electrons. The number of rotatable bonds is 5. The minimum Gasteiger partial charge on any atom is -0.376 e. The maximum atomic E-state index is 12.8. The van der Waals surface area contributed by atoms with Gasteiger partial charge in [-0.1, -0.05) is 13.8 Å². The van der Waals surface area contributed by atoms with E-state index in [9.17, 15) is 4.79 Å². The summed E-state index contributed by atoms with van der Waals surface area (Å²) >= 11 is 0. The second kappa shape index (κ2) is 7.89. The molecule has 2 fully saturated rings. The molecule has 7 heteroatoms. The predicted molar refractivity (Wildman–Crippen MR) is 101 cm³/mol. The number of hydrogen-bond donors (Lipinski definition) is 1. The predicted octanol–water partition coefficient (Wildman–Crippen LogP) is 1.52. The van der Waals surface area contributed by atoms with Crippen LogP contribution in [-0.2, 0) is 26.4 Å².